The van der Waals surface area contributed by atoms with E-state index in [1.54, 1.807) is 6.20 Å². The zero-order chi connectivity index (χ0) is 25.2. The maximum atomic E-state index is 14.8. The Bertz CT molecular complexity index is 945. The predicted molar refractivity (Wildman–Crippen MR) is 136 cm³/mol. The Labute approximate surface area is 206 Å². The average Bonchev–Trinajstić information content (AvgIpc) is 2.88. The van der Waals surface area contributed by atoms with Gasteiger partial charge in [0, 0.05) is 25.2 Å². The highest BCUT2D eigenvalue weighted by Crippen LogP contribution is 2.30. The topological polar surface area (TPSA) is 128 Å². The number of ether oxygens (including phenoxy) is 2. The summed E-state index contributed by atoms with van der Waals surface area (Å²) >= 11 is 0. The van der Waals surface area contributed by atoms with Gasteiger partial charge in [-0.15, -0.1) is 0 Å². The maximum absolute atomic E-state index is 14.8. The summed E-state index contributed by atoms with van der Waals surface area (Å²) in [5.74, 6) is -0.161. The summed E-state index contributed by atoms with van der Waals surface area (Å²) in [4.78, 5) is 18.3. The van der Waals surface area contributed by atoms with Crippen molar-refractivity contribution in [3.8, 4) is 5.88 Å². The molecule has 35 heavy (non-hydrogen) atoms. The summed E-state index contributed by atoms with van der Waals surface area (Å²) in [5.41, 5.74) is 13.6. The molecule has 0 amide bonds. The molecule has 9 nitrogen and oxygen atoms in total. The number of aromatic nitrogens is 1. The van der Waals surface area contributed by atoms with E-state index in [0.29, 0.717) is 50.8 Å². The van der Waals surface area contributed by atoms with Gasteiger partial charge in [-0.05, 0) is 31.4 Å². The predicted octanol–water partition coefficient (Wildman–Crippen LogP) is 2.71. The summed E-state index contributed by atoms with van der Waals surface area (Å²) < 4.78 is 26.1. The number of pyridine rings is 1. The molecule has 1 saturated heterocycles. The normalized spacial score (nSPS) is 21.7. The molecule has 1 aromatic rings. The quantitative estimate of drug-likeness (QED) is 0.211. The largest absolute Gasteiger partial charge is 0.476 e. The number of rotatable bonds is 11. The van der Waals surface area contributed by atoms with Crippen molar-refractivity contribution < 1.29 is 18.7 Å². The molecule has 2 atom stereocenters. The minimum Gasteiger partial charge on any atom is -0.476 e. The lowest BCUT2D eigenvalue weighted by Gasteiger charge is -2.30. The first-order chi connectivity index (χ1) is 16.9. The minimum absolute atomic E-state index is 0.00530. The van der Waals surface area contributed by atoms with Crippen LogP contribution in [-0.4, -0.2) is 56.3 Å². The van der Waals surface area contributed by atoms with Gasteiger partial charge >= 0.3 is 0 Å². The Morgan fingerprint density at radius 3 is 2.80 bits per heavy atom. The number of aldehydes is 1. The average molecular weight is 489 g/mol. The molecule has 2 aliphatic rings. The van der Waals surface area contributed by atoms with Crippen molar-refractivity contribution in [2.75, 3.05) is 43.1 Å². The summed E-state index contributed by atoms with van der Waals surface area (Å²) in [6.45, 7) is 8.95. The van der Waals surface area contributed by atoms with Gasteiger partial charge in [-0.25, -0.2) is 9.37 Å². The minimum atomic E-state index is -0.676. The molecule has 0 radical (unpaired) electrons. The number of allylic oxidation sites excluding steroid dienone is 3. The van der Waals surface area contributed by atoms with Crippen LogP contribution < -0.4 is 31.7 Å². The Hall–Kier alpha value is -3.11. The van der Waals surface area contributed by atoms with E-state index in [1.165, 1.54) is 0 Å². The second kappa shape index (κ2) is 13.1. The molecule has 10 heteroatoms. The standard InChI is InChI=1S/C25H37FN6O3/c1-3-10-35-25-23(32-8-11-34-12-9-32)14-19(15-29-25)31-24(28)18(16-33)13-20(26)17(2)30-22-7-5-4-6-21(22)27/h13-16,21-22,30-31H,2-12,27-28H2,1H3/b20-13+,24-18-/t21-,22+/m0/s1. The first-order valence-corrected chi connectivity index (χ1v) is 12.2. The monoisotopic (exact) mass is 488 g/mol. The fourth-order valence-electron chi connectivity index (χ4n) is 4.11. The molecule has 1 aliphatic carbocycles. The van der Waals surface area contributed by atoms with Crippen molar-refractivity contribution >= 4 is 17.7 Å². The van der Waals surface area contributed by atoms with Crippen molar-refractivity contribution in [1.29, 1.82) is 0 Å². The number of carbonyl (C=O) groups is 1. The van der Waals surface area contributed by atoms with Crippen LogP contribution in [0.15, 0.2) is 47.8 Å². The summed E-state index contributed by atoms with van der Waals surface area (Å²) in [7, 11) is 0. The first kappa shape index (κ1) is 26.5. The lowest BCUT2D eigenvalue weighted by molar-refractivity contribution is -0.104. The fourth-order valence-corrected chi connectivity index (χ4v) is 4.11. The van der Waals surface area contributed by atoms with E-state index < -0.39 is 5.83 Å². The number of hydrogen-bond donors (Lipinski definition) is 4. The molecule has 1 aliphatic heterocycles. The van der Waals surface area contributed by atoms with E-state index in [2.05, 4.69) is 27.1 Å². The molecule has 2 heterocycles. The van der Waals surface area contributed by atoms with Gasteiger partial charge in [-0.1, -0.05) is 26.3 Å². The van der Waals surface area contributed by atoms with E-state index in [4.69, 9.17) is 20.9 Å². The van der Waals surface area contributed by atoms with Gasteiger partial charge in [-0.3, -0.25) is 4.79 Å². The number of morpholine rings is 1. The summed E-state index contributed by atoms with van der Waals surface area (Å²) in [6, 6.07) is 1.75. The van der Waals surface area contributed by atoms with E-state index >= 15 is 0 Å². The van der Waals surface area contributed by atoms with Gasteiger partial charge in [0.2, 0.25) is 5.88 Å². The van der Waals surface area contributed by atoms with Crippen molar-refractivity contribution in [2.24, 2.45) is 11.5 Å². The smallest absolute Gasteiger partial charge is 0.237 e. The van der Waals surface area contributed by atoms with Crippen LogP contribution in [-0.2, 0) is 9.53 Å². The second-order valence-electron chi connectivity index (χ2n) is 8.78. The molecule has 0 unspecified atom stereocenters. The Balaban J connectivity index is 1.76. The van der Waals surface area contributed by atoms with Gasteiger partial charge in [0.05, 0.1) is 43.0 Å². The number of nitrogens with one attached hydrogen (secondary N) is 2. The lowest BCUT2D eigenvalue weighted by Crippen LogP contribution is -2.46. The number of nitrogens with zero attached hydrogens (tertiary/aromatic N) is 2. The van der Waals surface area contributed by atoms with Crippen LogP contribution in [0.25, 0.3) is 0 Å². The van der Waals surface area contributed by atoms with E-state index in [-0.39, 0.29) is 29.2 Å². The van der Waals surface area contributed by atoms with Crippen molar-refractivity contribution in [2.45, 2.75) is 51.1 Å². The number of hydrogen-bond acceptors (Lipinski definition) is 9. The number of anilines is 2. The Kier molecular flexibility index (Phi) is 9.92. The highest BCUT2D eigenvalue weighted by atomic mass is 19.1. The summed E-state index contributed by atoms with van der Waals surface area (Å²) in [6.07, 6.45) is 7.81. The van der Waals surface area contributed by atoms with E-state index in [0.717, 1.165) is 43.9 Å². The van der Waals surface area contributed by atoms with E-state index in [1.807, 2.05) is 13.0 Å². The third-order valence-electron chi connectivity index (χ3n) is 6.09. The third-order valence-corrected chi connectivity index (χ3v) is 6.09. The highest BCUT2D eigenvalue weighted by molar-refractivity contribution is 5.80. The molecule has 192 valence electrons. The van der Waals surface area contributed by atoms with Gasteiger partial charge < -0.3 is 36.5 Å². The van der Waals surface area contributed by atoms with Crippen LogP contribution >= 0.6 is 0 Å². The maximum Gasteiger partial charge on any atom is 0.237 e. The van der Waals surface area contributed by atoms with Gasteiger partial charge in [-0.2, -0.15) is 0 Å². The molecule has 6 N–H and O–H groups in total. The van der Waals surface area contributed by atoms with Crippen LogP contribution in [0, 0.1) is 0 Å². The van der Waals surface area contributed by atoms with Crippen LogP contribution in [0.5, 0.6) is 5.88 Å². The van der Waals surface area contributed by atoms with Crippen LogP contribution in [0.1, 0.15) is 39.0 Å². The molecule has 1 aromatic heterocycles. The first-order valence-electron chi connectivity index (χ1n) is 12.2. The van der Waals surface area contributed by atoms with Crippen LogP contribution in [0.3, 0.4) is 0 Å². The Morgan fingerprint density at radius 1 is 1.37 bits per heavy atom. The number of carbonyl (C=O) groups excluding carboxylic acids is 1. The van der Waals surface area contributed by atoms with Crippen molar-refractivity contribution in [1.82, 2.24) is 10.3 Å². The molecular weight excluding hydrogens is 451 g/mol. The van der Waals surface area contributed by atoms with Gasteiger partial charge in [0.1, 0.15) is 17.3 Å². The van der Waals surface area contributed by atoms with Gasteiger partial charge in [0.15, 0.2) is 6.29 Å². The Morgan fingerprint density at radius 2 is 2.11 bits per heavy atom. The van der Waals surface area contributed by atoms with Crippen LogP contribution in [0.2, 0.25) is 0 Å². The van der Waals surface area contributed by atoms with Crippen LogP contribution in [0.4, 0.5) is 15.8 Å². The zero-order valence-electron chi connectivity index (χ0n) is 20.4. The van der Waals surface area contributed by atoms with E-state index in [9.17, 15) is 9.18 Å². The second-order valence-corrected chi connectivity index (χ2v) is 8.78. The molecule has 0 aromatic carbocycles. The lowest BCUT2D eigenvalue weighted by atomic mass is 9.91. The molecule has 0 bridgehead atoms. The molecular formula is C25H37FN6O3. The third kappa shape index (κ3) is 7.43. The number of nitrogens with two attached hydrogens (primary N) is 2. The molecule has 1 saturated carbocycles. The SMILES string of the molecule is C=C(N[C@@H]1CCCC[C@@H]1N)/C(F)=C\C(C=O)=C(/N)Nc1cnc(OCCC)c(N2CCOCC2)c1. The zero-order valence-corrected chi connectivity index (χ0v) is 20.4. The summed E-state index contributed by atoms with van der Waals surface area (Å²) in [5, 5.41) is 6.01. The van der Waals surface area contributed by atoms with Gasteiger partial charge in [0.25, 0.3) is 0 Å². The van der Waals surface area contributed by atoms with Crippen molar-refractivity contribution in [3.05, 3.63) is 47.8 Å². The van der Waals surface area contributed by atoms with Crippen molar-refractivity contribution in [3.63, 3.8) is 0 Å². The number of halogens is 1. The fraction of sp³-hybridized carbons (Fsp3) is 0.520. The highest BCUT2D eigenvalue weighted by Gasteiger charge is 2.23. The molecule has 3 rings (SSSR count). The molecule has 0 spiro atoms. The molecule has 2 fully saturated rings.